The lowest BCUT2D eigenvalue weighted by Crippen LogP contribution is -2.54. The van der Waals surface area contributed by atoms with E-state index in [0.29, 0.717) is 98.1 Å². The normalized spacial score (nSPS) is 16.8. The van der Waals surface area contributed by atoms with Gasteiger partial charge in [-0.1, -0.05) is 101 Å². The van der Waals surface area contributed by atoms with E-state index in [1.54, 1.807) is 51.1 Å². The lowest BCUT2D eigenvalue weighted by molar-refractivity contribution is -0.141. The molecule has 10 heterocycles. The molecule has 4 atom stereocenters. The molecular weight excluding hydrogens is 1600 g/mol. The van der Waals surface area contributed by atoms with E-state index in [0.717, 1.165) is 67.7 Å². The minimum Gasteiger partial charge on any atom is -0.483 e. The minimum absolute atomic E-state index is 0. The second-order valence-electron chi connectivity index (χ2n) is 27.8. The first-order valence-corrected chi connectivity index (χ1v) is 39.6. The molecule has 14 rings (SSSR count). The van der Waals surface area contributed by atoms with Crippen molar-refractivity contribution < 1.29 is 86.4 Å². The largest absolute Gasteiger partial charge is 0.483 e. The standard InChI is InChI=1S/C40H38ClN7O9S.C20H17ClN4O3S.C20H23N3O6.2CH4/c1-20-32-34(22-11-13-23(41)14-12-22)43-25(18-31(52)56-3)36-46-45-21(2)47(36)40(32)58-35(20)27(49)9-5-4-6-17-42-30(51)19-57-28-10-7-8-24-33(28)39(55)48(38(24)54)26-15-16-29(50)44-37(26)53;1-9(26)8-14-18-24-23-11(3)25(18)19-15(10(2)17(29-19)20(27)28)16(22-14)12-4-6-13(21)7-5-12;1-2-3-4-10-21-16(25)11-29-14-7-5-6-12-17(14)20(28)23(19(12)27)13-8-9-15(24)22-18(13)26;;/h7-8,10-14,25-26H,4-6,9,15-19H2,1-3H3,(H,42,51)(H,44,50,53);4-7,14H,8H2,1-3H3,(H,27,28);5-7,13H,2-4,8-11H2,1H3,(H,21,25)(H,22,24,26);2*1H4/t25-,26?;14-;;;/m01.../s1. The van der Waals surface area contributed by atoms with Crippen molar-refractivity contribution in [3.63, 3.8) is 0 Å². The van der Waals surface area contributed by atoms with E-state index >= 15 is 0 Å². The molecule has 36 heteroatoms. The predicted octanol–water partition coefficient (Wildman–Crippen LogP) is 10.6. The van der Waals surface area contributed by atoms with Crippen LogP contribution in [0.1, 0.15) is 242 Å². The number of aliphatic imine (C=N–C) groups is 2. The summed E-state index contributed by atoms with van der Waals surface area (Å²) < 4.78 is 19.8. The summed E-state index contributed by atoms with van der Waals surface area (Å²) in [6.07, 6.45) is 5.27. The number of fused-ring (bicyclic) bond motifs is 8. The van der Waals surface area contributed by atoms with Gasteiger partial charge in [-0.2, -0.15) is 0 Å². The quantitative estimate of drug-likeness (QED) is 0.0145. The average Bonchev–Trinajstić information content (AvgIpc) is 1.58. The number of ketones is 2. The van der Waals surface area contributed by atoms with Crippen molar-refractivity contribution in [1.82, 2.24) is 60.6 Å². The van der Waals surface area contributed by atoms with E-state index in [9.17, 15) is 72.2 Å². The molecule has 0 radical (unpaired) electrons. The summed E-state index contributed by atoms with van der Waals surface area (Å²) in [5.74, 6) is -4.93. The summed E-state index contributed by atoms with van der Waals surface area (Å²) in [5.41, 5.74) is 5.75. The fourth-order valence-corrected chi connectivity index (χ4v) is 16.9. The Balaban J connectivity index is 0.000000205. The number of ether oxygens (including phenoxy) is 3. The Morgan fingerprint density at radius 2 is 0.983 bits per heavy atom. The van der Waals surface area contributed by atoms with E-state index in [4.69, 9.17) is 47.4 Å². The van der Waals surface area contributed by atoms with Gasteiger partial charge in [0.2, 0.25) is 23.6 Å². The number of carboxylic acids is 1. The summed E-state index contributed by atoms with van der Waals surface area (Å²) in [5, 5.41) is 39.2. The lowest BCUT2D eigenvalue weighted by atomic mass is 9.98. The second-order valence-corrected chi connectivity index (χ2v) is 30.7. The summed E-state index contributed by atoms with van der Waals surface area (Å²) in [6.45, 7) is 11.0. The number of nitrogens with zero attached hydrogens (tertiary/aromatic N) is 10. The van der Waals surface area contributed by atoms with E-state index < -0.39 is 95.9 Å². The molecule has 0 bridgehead atoms. The van der Waals surface area contributed by atoms with Gasteiger partial charge in [-0.15, -0.1) is 43.1 Å². The number of esters is 1. The number of hydrogen-bond acceptors (Lipinski definition) is 25. The highest BCUT2D eigenvalue weighted by Crippen LogP contribution is 2.44. The van der Waals surface area contributed by atoms with Crippen molar-refractivity contribution in [3.05, 3.63) is 184 Å². The maximum Gasteiger partial charge on any atom is 0.346 e. The molecule has 6 aliphatic heterocycles. The molecular formula is C82H86Cl2N14O18S2. The number of amides is 10. The van der Waals surface area contributed by atoms with Gasteiger partial charge in [-0.3, -0.25) is 102 Å². The van der Waals surface area contributed by atoms with Crippen LogP contribution in [-0.4, -0.2) is 184 Å². The van der Waals surface area contributed by atoms with E-state index in [1.807, 2.05) is 40.3 Å². The van der Waals surface area contributed by atoms with Gasteiger partial charge in [0.25, 0.3) is 35.4 Å². The van der Waals surface area contributed by atoms with Crippen LogP contribution in [0.3, 0.4) is 0 Å². The first-order chi connectivity index (χ1) is 55.6. The lowest BCUT2D eigenvalue weighted by Gasteiger charge is -2.27. The number of unbranched alkanes of at least 4 members (excludes halogenated alkanes) is 4. The van der Waals surface area contributed by atoms with Crippen LogP contribution < -0.4 is 30.7 Å². The molecule has 2 fully saturated rings. The number of carboxylic acid groups (broad SMARTS) is 1. The fraction of sp³-hybridized carbons (Fsp3) is 0.366. The number of aromatic nitrogens is 6. The van der Waals surface area contributed by atoms with Gasteiger partial charge < -0.3 is 30.0 Å². The van der Waals surface area contributed by atoms with E-state index in [2.05, 4.69) is 48.6 Å². The van der Waals surface area contributed by atoms with Gasteiger partial charge in [0.15, 0.2) is 30.6 Å². The van der Waals surface area contributed by atoms with Crippen LogP contribution in [0.25, 0.3) is 10.0 Å². The van der Waals surface area contributed by atoms with Crippen LogP contribution in [0.4, 0.5) is 0 Å². The molecule has 0 aliphatic carbocycles. The number of rotatable bonds is 26. The first-order valence-electron chi connectivity index (χ1n) is 37.2. The summed E-state index contributed by atoms with van der Waals surface area (Å²) in [7, 11) is 1.32. The number of hydrogen-bond donors (Lipinski definition) is 5. The molecule has 0 saturated carbocycles. The smallest absolute Gasteiger partial charge is 0.346 e. The number of carbonyl (C=O) groups is 14. The van der Waals surface area contributed by atoms with Crippen molar-refractivity contribution >= 4 is 140 Å². The fourth-order valence-electron chi connectivity index (χ4n) is 14.2. The van der Waals surface area contributed by atoms with Crippen molar-refractivity contribution in [2.24, 2.45) is 9.98 Å². The van der Waals surface area contributed by atoms with Gasteiger partial charge in [0, 0.05) is 71.1 Å². The second kappa shape index (κ2) is 38.3. The topological polar surface area (TPSA) is 428 Å². The van der Waals surface area contributed by atoms with Crippen molar-refractivity contribution in [2.45, 2.75) is 164 Å². The third-order valence-corrected chi connectivity index (χ3v) is 22.9. The molecule has 32 nitrogen and oxygen atoms in total. The number of carbonyl (C=O) groups excluding carboxylic acids is 13. The Labute approximate surface area is 695 Å². The summed E-state index contributed by atoms with van der Waals surface area (Å²) in [6, 6.07) is 20.0. The molecule has 4 aromatic carbocycles. The molecule has 5 N–H and O–H groups in total. The first kappa shape index (κ1) is 88.2. The van der Waals surface area contributed by atoms with Crippen molar-refractivity contribution in [3.8, 4) is 21.5 Å². The number of thiophene rings is 2. The summed E-state index contributed by atoms with van der Waals surface area (Å²) >= 11 is 14.8. The van der Waals surface area contributed by atoms with Gasteiger partial charge in [0.1, 0.15) is 68.0 Å². The highest BCUT2D eigenvalue weighted by atomic mass is 35.5. The molecule has 6 aliphatic rings. The Kier molecular flexibility index (Phi) is 28.6. The van der Waals surface area contributed by atoms with Crippen LogP contribution in [0, 0.1) is 27.7 Å². The molecule has 618 valence electrons. The van der Waals surface area contributed by atoms with Gasteiger partial charge in [-0.05, 0) is 126 Å². The van der Waals surface area contributed by atoms with Crippen LogP contribution >= 0.6 is 45.9 Å². The zero-order valence-corrected chi connectivity index (χ0v) is 67.0. The Morgan fingerprint density at radius 3 is 1.41 bits per heavy atom. The van der Waals surface area contributed by atoms with Crippen LogP contribution in [-0.2, 0) is 43.1 Å². The molecule has 2 unspecified atom stereocenters. The molecule has 118 heavy (non-hydrogen) atoms. The predicted molar refractivity (Wildman–Crippen MR) is 435 cm³/mol. The Bertz CT molecular complexity index is 5430. The number of Topliss-reactive ketones (excluding diaryl/α,β-unsaturated/α-hetero) is 2. The zero-order valence-electron chi connectivity index (χ0n) is 63.8. The third-order valence-electron chi connectivity index (χ3n) is 19.8. The van der Waals surface area contributed by atoms with E-state index in [1.165, 1.54) is 55.7 Å². The monoisotopic (exact) mass is 1690 g/mol. The van der Waals surface area contributed by atoms with Crippen LogP contribution in [0.2, 0.25) is 10.0 Å². The molecule has 4 aromatic heterocycles. The van der Waals surface area contributed by atoms with Gasteiger partial charge >= 0.3 is 11.9 Å². The SMILES string of the molecule is C.C.CC(=O)C[C@H]1N=C(c2ccc(Cl)cc2)c2c(sc(C(=O)O)c2C)-n2c(C)nnc21.CCCCCNC(=O)COc1cccc2c1C(=O)N(C1CCC(=O)NC1=O)C2=O.COC(=O)C[C@@H]1N=C(c2ccc(Cl)cc2)c2c(sc(C(=O)CCCCCNC(=O)COc3cccc4c3C(=O)N(C3CCC(=O)NC3=O)C4=O)c2C)-n2c(C)nnc21. The van der Waals surface area contributed by atoms with Crippen molar-refractivity contribution in [1.29, 1.82) is 0 Å². The maximum atomic E-state index is 13.7. The number of nitrogens with one attached hydrogen (secondary N) is 4. The zero-order chi connectivity index (χ0) is 83.1. The summed E-state index contributed by atoms with van der Waals surface area (Å²) in [4.78, 5) is 186. The maximum absolute atomic E-state index is 13.7. The van der Waals surface area contributed by atoms with Crippen molar-refractivity contribution in [2.75, 3.05) is 33.4 Å². The van der Waals surface area contributed by atoms with Gasteiger partial charge in [-0.25, -0.2) is 4.79 Å². The Hall–Kier alpha value is -12.1. The number of aromatic carboxylic acids is 1. The van der Waals surface area contributed by atoms with Crippen LogP contribution in [0.15, 0.2) is 94.9 Å². The highest BCUT2D eigenvalue weighted by molar-refractivity contribution is 7.17. The number of halogens is 2. The number of benzene rings is 4. The minimum atomic E-state index is -1.12. The van der Waals surface area contributed by atoms with Gasteiger partial charge in [0.05, 0.1) is 52.1 Å². The average molecular weight is 1690 g/mol. The molecule has 2 saturated heterocycles. The molecule has 8 aromatic rings. The number of aryl methyl sites for hydroxylation is 2. The number of piperidine rings is 2. The highest BCUT2D eigenvalue weighted by Gasteiger charge is 2.48. The number of methoxy groups -OCH3 is 1. The molecule has 10 amide bonds. The molecule has 0 spiro atoms. The van der Waals surface area contributed by atoms with E-state index in [-0.39, 0.29) is 123 Å². The van der Waals surface area contributed by atoms with Crippen LogP contribution in [0.5, 0.6) is 11.5 Å². The third kappa shape index (κ3) is 18.6. The Morgan fingerprint density at radius 1 is 0.551 bits per heavy atom. The number of imide groups is 4.